The first kappa shape index (κ1) is 84.2. The van der Waals surface area contributed by atoms with Crippen LogP contribution in [0.5, 0.6) is 0 Å². The normalized spacial score (nSPS) is 50.9. The molecule has 107 heavy (non-hydrogen) atoms. The van der Waals surface area contributed by atoms with Crippen molar-refractivity contribution in [1.82, 2.24) is 85.1 Å². The standard InChI is InChI=1S/2C32H56N8O9S3.3Zn/c2*41-50(42,43)21-13-20-22(24(52(47,48)49)23(21)51(44,45)46)32-39-30-19-12-6-5-11-18(19)28(37-30)35-26-15-8-2-1-7-14(15)25(33-26)34-27-16-9-3-4-10-17(16)29(36-27)38-31(20)40-32;;;/h2*14-40H,1-13H2,(H,41,42,43)(H,44,45,46)(H,47,48,49);;;/q;;3*+2/p-6. The van der Waals surface area contributed by atoms with Gasteiger partial charge in [-0.05, 0) is 173 Å². The smallest absolute Gasteiger partial charge is 0.748 e. The molecule has 18 rings (SSSR count). The van der Waals surface area contributed by atoms with Gasteiger partial charge in [-0.3, -0.25) is 85.1 Å². The van der Waals surface area contributed by atoms with Gasteiger partial charge in [-0.2, -0.15) is 0 Å². The predicted molar refractivity (Wildman–Crippen MR) is 368 cm³/mol. The second-order valence-electron chi connectivity index (χ2n) is 34.8. The van der Waals surface area contributed by atoms with E-state index in [0.29, 0.717) is 23.7 Å². The van der Waals surface area contributed by atoms with Gasteiger partial charge in [0.1, 0.15) is 20.2 Å². The molecule has 0 aromatic rings. The van der Waals surface area contributed by atoms with Gasteiger partial charge >= 0.3 is 58.4 Å². The van der Waals surface area contributed by atoms with Gasteiger partial charge in [0.25, 0.3) is 0 Å². The number of rotatable bonds is 6. The maximum atomic E-state index is 13.1. The van der Waals surface area contributed by atoms with Crippen LogP contribution in [0.3, 0.4) is 0 Å². The topological polar surface area (TPSA) is 536 Å². The van der Waals surface area contributed by atoms with Gasteiger partial charge in [0.05, 0.1) is 171 Å². The third-order valence-corrected chi connectivity index (χ3v) is 38.2. The van der Waals surface area contributed by atoms with Gasteiger partial charge in [0.15, 0.2) is 0 Å². The quantitative estimate of drug-likeness (QED) is 0.0900. The summed E-state index contributed by atoms with van der Waals surface area (Å²) in [5.74, 6) is -1.00. The Morgan fingerprint density at radius 1 is 0.178 bits per heavy atom. The second kappa shape index (κ2) is 32.1. The van der Waals surface area contributed by atoms with Crippen molar-refractivity contribution in [2.24, 2.45) is 94.7 Å². The van der Waals surface area contributed by atoms with Gasteiger partial charge in [-0.25, -0.2) is 50.5 Å². The Balaban J connectivity index is 0.000000175. The van der Waals surface area contributed by atoms with E-state index in [4.69, 9.17) is 0 Å². The molecule has 43 heteroatoms. The molecule has 8 aliphatic carbocycles. The first-order valence-electron chi connectivity index (χ1n) is 39.2. The summed E-state index contributed by atoms with van der Waals surface area (Å²) in [5, 5.41) is 45.1. The molecule has 34 nitrogen and oxygen atoms in total. The number of hydrogen-bond acceptors (Lipinski definition) is 34. The number of hydrogen-bond donors (Lipinski definition) is 16. The zero-order chi connectivity index (χ0) is 72.6. The van der Waals surface area contributed by atoms with E-state index in [9.17, 15) is 77.8 Å². The Morgan fingerprint density at radius 2 is 0.308 bits per heavy atom. The van der Waals surface area contributed by atoms with Crippen LogP contribution >= 0.6 is 0 Å². The Morgan fingerprint density at radius 3 is 0.439 bits per heavy atom. The summed E-state index contributed by atoms with van der Waals surface area (Å²) in [4.78, 5) is 0. The van der Waals surface area contributed by atoms with Crippen molar-refractivity contribution in [1.29, 1.82) is 0 Å². The summed E-state index contributed by atoms with van der Waals surface area (Å²) >= 11 is 0. The molecule has 0 aromatic heterocycles. The summed E-state index contributed by atoms with van der Waals surface area (Å²) < 4.78 is 231. The number of fused-ring (bicyclic) bond motifs is 40. The molecule has 38 unspecified atom stereocenters. The molecule has 38 atom stereocenters. The SMILES string of the molecule is O=S(=O)([O-])C1CC2C3NC4NC(NC5NC(NC6NC(NC(N3)C2C(S(=O)(=O)[O-])C1S(=O)(=O)[O-])C1CCCCC61)C1CCCCC51)C1CCCCC41.O=S(=O)([O-])C1CC2C3NC4NC(NC5NC(NC6NC(NC(N3)C2C(S(=O)(=O)[O-])C1S(=O)(=O)[O-])C1CCCCC61)C1CCCCC51)C1CCCCC41.[Zn+2].[Zn+2].[Zn+2]. The molecule has 0 spiro atoms. The molecule has 10 heterocycles. The third-order valence-electron chi connectivity index (χ3n) is 30.0. The molecule has 18 aliphatic rings. The van der Waals surface area contributed by atoms with Crippen LogP contribution in [0.25, 0.3) is 0 Å². The maximum Gasteiger partial charge on any atom is 2.00 e. The van der Waals surface area contributed by atoms with Crippen molar-refractivity contribution in [2.75, 3.05) is 0 Å². The van der Waals surface area contributed by atoms with Crippen LogP contribution in [-0.4, -0.2) is 208 Å². The van der Waals surface area contributed by atoms with Gasteiger partial charge in [0, 0.05) is 11.8 Å². The van der Waals surface area contributed by atoms with E-state index >= 15 is 0 Å². The number of nitrogens with one attached hydrogen (secondary N) is 16. The van der Waals surface area contributed by atoms with E-state index in [-0.39, 0.29) is 180 Å². The van der Waals surface area contributed by atoms with E-state index in [1.165, 1.54) is 25.7 Å². The zero-order valence-corrected chi connectivity index (χ0v) is 74.0. The Bertz CT molecular complexity index is 3680. The third kappa shape index (κ3) is 16.0. The molecule has 0 aromatic carbocycles. The molecule has 10 saturated heterocycles. The average molecular weight is 1780 g/mol. The van der Waals surface area contributed by atoms with Crippen LogP contribution < -0.4 is 85.1 Å². The average Bonchev–Trinajstić information content (AvgIpc) is 1.68. The second-order valence-corrected chi connectivity index (χ2v) is 44.1. The fourth-order valence-electron chi connectivity index (χ4n) is 25.9. The van der Waals surface area contributed by atoms with E-state index in [2.05, 4.69) is 85.1 Å². The Hall–Kier alpha value is 0.690. The van der Waals surface area contributed by atoms with E-state index in [0.717, 1.165) is 128 Å². The summed E-state index contributed by atoms with van der Waals surface area (Å²) in [5.41, 5.74) is 0. The van der Waals surface area contributed by atoms with Crippen LogP contribution in [0, 0.1) is 94.7 Å². The molecular weight excluding hydrogens is 1670 g/mol. The molecule has 18 fully saturated rings. The zero-order valence-electron chi connectivity index (χ0n) is 60.2. The Kier molecular flexibility index (Phi) is 25.2. The van der Waals surface area contributed by atoms with Crippen LogP contribution in [-0.2, 0) is 119 Å². The summed E-state index contributed by atoms with van der Waals surface area (Å²) in [6, 6.07) is 0. The van der Waals surface area contributed by atoms with Crippen LogP contribution in [0.15, 0.2) is 0 Å². The maximum absolute atomic E-state index is 13.1. The van der Waals surface area contributed by atoms with Gasteiger partial charge in [-0.15, -0.1) is 0 Å². The fraction of sp³-hybridized carbons (Fsp3) is 1.00. The summed E-state index contributed by atoms with van der Waals surface area (Å²) in [7, 11) is -33.7. The van der Waals surface area contributed by atoms with E-state index in [1.807, 2.05) is 0 Å². The van der Waals surface area contributed by atoms with E-state index < -0.39 is 153 Å². The molecular formula is C64H106N16O18S6Zn3. The monoisotopic (exact) mass is 1770 g/mol. The van der Waals surface area contributed by atoms with Crippen molar-refractivity contribution in [2.45, 2.75) is 297 Å². The van der Waals surface area contributed by atoms with Crippen molar-refractivity contribution >= 4 is 60.7 Å². The minimum Gasteiger partial charge on any atom is -0.748 e. The Labute approximate surface area is 668 Å². The minimum absolute atomic E-state index is 0. The van der Waals surface area contributed by atoms with Gasteiger partial charge < -0.3 is 27.3 Å². The summed E-state index contributed by atoms with van der Waals surface area (Å²) in [6.07, 6.45) is 19.5. The first-order chi connectivity index (χ1) is 49.3. The van der Waals surface area contributed by atoms with Gasteiger partial charge in [0.2, 0.25) is 0 Å². The van der Waals surface area contributed by atoms with Crippen LogP contribution in [0.4, 0.5) is 0 Å². The molecule has 8 saturated carbocycles. The molecule has 10 aliphatic heterocycles. The van der Waals surface area contributed by atoms with Crippen molar-refractivity contribution in [3.05, 3.63) is 0 Å². The fourth-order valence-corrected chi connectivity index (χ4v) is 35.8. The molecule has 0 amide bonds. The van der Waals surface area contributed by atoms with Crippen molar-refractivity contribution < 1.29 is 136 Å². The predicted octanol–water partition coefficient (Wildman–Crippen LogP) is -3.65. The first-order valence-corrected chi connectivity index (χ1v) is 48.0. The van der Waals surface area contributed by atoms with Crippen LogP contribution in [0.1, 0.15) is 167 Å². The van der Waals surface area contributed by atoms with E-state index in [1.54, 1.807) is 0 Å². The van der Waals surface area contributed by atoms with Crippen molar-refractivity contribution in [3.8, 4) is 0 Å². The molecule has 16 bridgehead atoms. The largest absolute Gasteiger partial charge is 2.00 e. The molecule has 16 N–H and O–H groups in total. The van der Waals surface area contributed by atoms with Gasteiger partial charge in [-0.1, -0.05) is 77.0 Å². The molecule has 592 valence electrons. The van der Waals surface area contributed by atoms with Crippen molar-refractivity contribution in [3.63, 3.8) is 0 Å². The minimum atomic E-state index is -5.73. The van der Waals surface area contributed by atoms with Crippen LogP contribution in [0.2, 0.25) is 0 Å². The molecule has 0 radical (unpaired) electrons. The summed E-state index contributed by atoms with van der Waals surface area (Å²) in [6.45, 7) is 0.